The number of nitrogens with one attached hydrogen (secondary N) is 1. The molecule has 0 atom stereocenters. The van der Waals surface area contributed by atoms with E-state index in [-0.39, 0.29) is 12.5 Å². The highest BCUT2D eigenvalue weighted by Crippen LogP contribution is 2.25. The Morgan fingerprint density at radius 3 is 3.00 bits per heavy atom. The van der Waals surface area contributed by atoms with Crippen molar-refractivity contribution in [3.05, 3.63) is 35.2 Å². The van der Waals surface area contributed by atoms with Crippen molar-refractivity contribution in [1.82, 2.24) is 5.32 Å². The summed E-state index contributed by atoms with van der Waals surface area (Å²) in [5, 5.41) is 14.5. The van der Waals surface area contributed by atoms with Crippen molar-refractivity contribution in [2.45, 2.75) is 6.42 Å². The molecule has 0 aliphatic carbocycles. The van der Waals surface area contributed by atoms with Gasteiger partial charge in [0.2, 0.25) is 0 Å². The molecule has 2 N–H and O–H groups in total. The summed E-state index contributed by atoms with van der Waals surface area (Å²) in [7, 11) is 0. The molecule has 1 amide bonds. The summed E-state index contributed by atoms with van der Waals surface area (Å²) in [6.45, 7) is 0.902. The molecule has 0 saturated carbocycles. The molecule has 0 saturated heterocycles. The first-order chi connectivity index (χ1) is 9.33. The lowest BCUT2D eigenvalue weighted by atomic mass is 10.2. The Hall–Kier alpha value is -1.04. The van der Waals surface area contributed by atoms with Crippen molar-refractivity contribution in [3.8, 4) is 0 Å². The summed E-state index contributed by atoms with van der Waals surface area (Å²) in [6, 6.07) is 7.95. The van der Waals surface area contributed by atoms with Crippen molar-refractivity contribution >= 4 is 39.1 Å². The number of rotatable bonds is 7. The van der Waals surface area contributed by atoms with Gasteiger partial charge < -0.3 is 10.4 Å². The minimum absolute atomic E-state index is 0.000193. The highest BCUT2D eigenvalue weighted by Gasteiger charge is 2.10. The van der Waals surface area contributed by atoms with Crippen LogP contribution < -0.4 is 5.32 Å². The quantitative estimate of drug-likeness (QED) is 0.772. The minimum Gasteiger partial charge on any atom is -0.396 e. The molecular weight excluding hydrogens is 278 g/mol. The number of fused-ring (bicyclic) bond motifs is 1. The third kappa shape index (κ3) is 3.96. The predicted octanol–water partition coefficient (Wildman–Crippen LogP) is 2.75. The number of amides is 1. The highest BCUT2D eigenvalue weighted by atomic mass is 32.2. The maximum atomic E-state index is 12.1. The maximum Gasteiger partial charge on any atom is 0.252 e. The molecule has 0 fully saturated rings. The van der Waals surface area contributed by atoms with E-state index in [1.807, 2.05) is 29.6 Å². The van der Waals surface area contributed by atoms with E-state index in [1.165, 1.54) is 0 Å². The highest BCUT2D eigenvalue weighted by molar-refractivity contribution is 7.99. The number of thiophene rings is 1. The van der Waals surface area contributed by atoms with Gasteiger partial charge in [0.15, 0.2) is 0 Å². The van der Waals surface area contributed by atoms with Crippen LogP contribution in [0.1, 0.15) is 16.8 Å². The summed E-state index contributed by atoms with van der Waals surface area (Å²) in [4.78, 5) is 12.1. The van der Waals surface area contributed by atoms with Gasteiger partial charge in [-0.2, -0.15) is 11.8 Å². The van der Waals surface area contributed by atoms with Crippen LogP contribution in [0.3, 0.4) is 0 Å². The number of hydrogen-bond donors (Lipinski definition) is 2. The second-order valence-electron chi connectivity index (χ2n) is 4.09. The molecule has 2 aromatic rings. The monoisotopic (exact) mass is 295 g/mol. The lowest BCUT2D eigenvalue weighted by Crippen LogP contribution is -2.25. The fourth-order valence-electron chi connectivity index (χ4n) is 1.75. The van der Waals surface area contributed by atoms with Gasteiger partial charge >= 0.3 is 0 Å². The lowest BCUT2D eigenvalue weighted by molar-refractivity contribution is 0.0958. The summed E-state index contributed by atoms with van der Waals surface area (Å²) < 4.78 is 1.14. The van der Waals surface area contributed by atoms with Gasteiger partial charge in [-0.1, -0.05) is 18.2 Å². The average molecular weight is 295 g/mol. The minimum atomic E-state index is 0.000193. The van der Waals surface area contributed by atoms with Gasteiger partial charge in [0.1, 0.15) is 0 Å². The molecule has 1 aromatic heterocycles. The molecule has 1 aromatic carbocycles. The van der Waals surface area contributed by atoms with Crippen molar-refractivity contribution < 1.29 is 9.90 Å². The predicted molar refractivity (Wildman–Crippen MR) is 83.2 cm³/mol. The Morgan fingerprint density at radius 2 is 2.16 bits per heavy atom. The molecule has 2 rings (SSSR count). The van der Waals surface area contributed by atoms with Gasteiger partial charge in [-0.05, 0) is 18.2 Å². The van der Waals surface area contributed by atoms with Crippen LogP contribution in [0.25, 0.3) is 10.1 Å². The first-order valence-electron chi connectivity index (χ1n) is 6.26. The number of carbonyl (C=O) groups excluding carboxylic acids is 1. The number of thioether (sulfide) groups is 1. The lowest BCUT2D eigenvalue weighted by Gasteiger charge is -2.04. The molecule has 1 heterocycles. The van der Waals surface area contributed by atoms with Gasteiger partial charge in [-0.15, -0.1) is 11.3 Å². The van der Waals surface area contributed by atoms with Crippen LogP contribution in [0.4, 0.5) is 0 Å². The maximum absolute atomic E-state index is 12.1. The SMILES string of the molecule is O=C(NCCSCCCO)c1csc2ccccc12. The molecule has 0 aliphatic heterocycles. The van der Waals surface area contributed by atoms with Crippen molar-refractivity contribution in [2.24, 2.45) is 0 Å². The first-order valence-corrected chi connectivity index (χ1v) is 8.29. The zero-order chi connectivity index (χ0) is 13.5. The van der Waals surface area contributed by atoms with Crippen molar-refractivity contribution in [1.29, 1.82) is 0 Å². The number of hydrogen-bond acceptors (Lipinski definition) is 4. The molecule has 3 nitrogen and oxygen atoms in total. The molecule has 5 heteroatoms. The van der Waals surface area contributed by atoms with Gasteiger partial charge in [0.05, 0.1) is 5.56 Å². The fraction of sp³-hybridized carbons (Fsp3) is 0.357. The Labute approximate surface area is 121 Å². The number of aliphatic hydroxyl groups is 1. The average Bonchev–Trinajstić information content (AvgIpc) is 2.86. The van der Waals surface area contributed by atoms with E-state index in [1.54, 1.807) is 23.1 Å². The van der Waals surface area contributed by atoms with Crippen LogP contribution in [0, 0.1) is 0 Å². The van der Waals surface area contributed by atoms with Gasteiger partial charge in [-0.25, -0.2) is 0 Å². The van der Waals surface area contributed by atoms with Crippen LogP contribution in [0.15, 0.2) is 29.6 Å². The van der Waals surface area contributed by atoms with Crippen LogP contribution >= 0.6 is 23.1 Å². The second-order valence-corrected chi connectivity index (χ2v) is 6.23. The van der Waals surface area contributed by atoms with Crippen LogP contribution in [-0.4, -0.2) is 35.7 Å². The topological polar surface area (TPSA) is 49.3 Å². The van der Waals surface area contributed by atoms with E-state index in [0.29, 0.717) is 6.54 Å². The molecule has 0 radical (unpaired) electrons. The largest absolute Gasteiger partial charge is 0.396 e. The van der Waals surface area contributed by atoms with E-state index in [2.05, 4.69) is 5.32 Å². The molecule has 0 bridgehead atoms. The van der Waals surface area contributed by atoms with E-state index < -0.39 is 0 Å². The zero-order valence-corrected chi connectivity index (χ0v) is 12.2. The fourth-order valence-corrected chi connectivity index (χ4v) is 3.48. The summed E-state index contributed by atoms with van der Waals surface area (Å²) in [5.74, 6) is 1.82. The summed E-state index contributed by atoms with van der Waals surface area (Å²) >= 11 is 3.35. The first kappa shape index (κ1) is 14.4. The Bertz CT molecular complexity index is 539. The molecule has 19 heavy (non-hydrogen) atoms. The summed E-state index contributed by atoms with van der Waals surface area (Å²) in [5.41, 5.74) is 0.765. The van der Waals surface area contributed by atoms with E-state index in [9.17, 15) is 4.79 Å². The van der Waals surface area contributed by atoms with Crippen LogP contribution in [-0.2, 0) is 0 Å². The van der Waals surface area contributed by atoms with Gasteiger partial charge in [-0.3, -0.25) is 4.79 Å². The van der Waals surface area contributed by atoms with Crippen molar-refractivity contribution in [3.63, 3.8) is 0 Å². The number of carbonyl (C=O) groups is 1. The Kier molecular flexibility index (Phi) is 5.69. The normalized spacial score (nSPS) is 10.8. The Morgan fingerprint density at radius 1 is 1.32 bits per heavy atom. The van der Waals surface area contributed by atoms with E-state index in [4.69, 9.17) is 5.11 Å². The van der Waals surface area contributed by atoms with Gasteiger partial charge in [0.25, 0.3) is 5.91 Å². The second kappa shape index (κ2) is 7.53. The number of benzene rings is 1. The van der Waals surface area contributed by atoms with E-state index >= 15 is 0 Å². The van der Waals surface area contributed by atoms with Crippen molar-refractivity contribution in [2.75, 3.05) is 24.7 Å². The zero-order valence-electron chi connectivity index (χ0n) is 10.6. The van der Waals surface area contributed by atoms with Crippen LogP contribution in [0.2, 0.25) is 0 Å². The third-order valence-corrected chi connectivity index (χ3v) is 4.74. The van der Waals surface area contributed by atoms with Crippen LogP contribution in [0.5, 0.6) is 0 Å². The molecular formula is C14H17NO2S2. The summed E-state index contributed by atoms with van der Waals surface area (Å²) in [6.07, 6.45) is 0.813. The van der Waals surface area contributed by atoms with Gasteiger partial charge in [0, 0.05) is 34.4 Å². The smallest absolute Gasteiger partial charge is 0.252 e. The molecule has 0 spiro atoms. The standard InChI is InChI=1S/C14H17NO2S2/c16-7-3-8-18-9-6-15-14(17)12-10-19-13-5-2-1-4-11(12)13/h1-2,4-5,10,16H,3,6-9H2,(H,15,17). The Balaban J connectivity index is 1.83. The molecule has 0 unspecified atom stereocenters. The van der Waals surface area contributed by atoms with E-state index in [0.717, 1.165) is 33.6 Å². The third-order valence-electron chi connectivity index (χ3n) is 2.70. The number of aliphatic hydroxyl groups excluding tert-OH is 1. The molecule has 0 aliphatic rings. The molecule has 102 valence electrons.